The smallest absolute Gasteiger partial charge is 0.251 e. The maximum absolute atomic E-state index is 13.2. The zero-order valence-electron chi connectivity index (χ0n) is 23.3. The fourth-order valence-electron chi connectivity index (χ4n) is 4.46. The molecule has 2 amide bonds. The summed E-state index contributed by atoms with van der Waals surface area (Å²) in [6, 6.07) is 26.5. The van der Waals surface area contributed by atoms with Gasteiger partial charge in [-0.3, -0.25) is 14.8 Å². The van der Waals surface area contributed by atoms with Crippen molar-refractivity contribution in [2.24, 2.45) is 5.92 Å². The van der Waals surface area contributed by atoms with E-state index < -0.39 is 34.3 Å². The van der Waals surface area contributed by atoms with Crippen LogP contribution in [0.4, 0.5) is 0 Å². The fraction of sp³-hybridized carbons (Fsp3) is 0.355. The Morgan fingerprint density at radius 3 is 2.10 bits per heavy atom. The molecule has 0 radical (unpaired) electrons. The van der Waals surface area contributed by atoms with Gasteiger partial charge in [0.15, 0.2) is 9.84 Å². The lowest BCUT2D eigenvalue weighted by molar-refractivity contribution is -0.184. The number of benzene rings is 3. The third-order valence-electron chi connectivity index (χ3n) is 6.66. The van der Waals surface area contributed by atoms with E-state index >= 15 is 0 Å². The number of hydrogen-bond acceptors (Lipinski definition) is 7. The Morgan fingerprint density at radius 1 is 0.878 bits per heavy atom. The number of hydrogen-bond donors (Lipinski definition) is 4. The number of carbonyl (C=O) groups is 2. The van der Waals surface area contributed by atoms with Crippen molar-refractivity contribution in [1.29, 1.82) is 0 Å². The van der Waals surface area contributed by atoms with Crippen LogP contribution < -0.4 is 10.6 Å². The molecule has 0 spiro atoms. The van der Waals surface area contributed by atoms with E-state index in [0.717, 1.165) is 34.9 Å². The molecule has 9 nitrogen and oxygen atoms in total. The Labute approximate surface area is 242 Å². The first-order valence-corrected chi connectivity index (χ1v) is 15.7. The molecule has 0 bridgehead atoms. The van der Waals surface area contributed by atoms with Gasteiger partial charge in [0, 0.05) is 25.8 Å². The second kappa shape index (κ2) is 16.0. The van der Waals surface area contributed by atoms with Crippen molar-refractivity contribution in [3.8, 4) is 11.1 Å². The molecule has 3 aromatic carbocycles. The first kappa shape index (κ1) is 32.0. The highest BCUT2D eigenvalue weighted by molar-refractivity contribution is 7.90. The van der Waals surface area contributed by atoms with Crippen LogP contribution in [-0.2, 0) is 32.3 Å². The number of aryl methyl sites for hydroxylation is 1. The highest BCUT2D eigenvalue weighted by Gasteiger charge is 2.30. The maximum atomic E-state index is 13.2. The highest BCUT2D eigenvalue weighted by atomic mass is 32.2. The van der Waals surface area contributed by atoms with Gasteiger partial charge in [0.25, 0.3) is 5.91 Å². The van der Waals surface area contributed by atoms with Gasteiger partial charge in [0.1, 0.15) is 0 Å². The summed E-state index contributed by atoms with van der Waals surface area (Å²) in [5.41, 5.74) is 4.24. The van der Waals surface area contributed by atoms with Gasteiger partial charge >= 0.3 is 0 Å². The molecule has 0 aliphatic carbocycles. The van der Waals surface area contributed by atoms with E-state index in [-0.39, 0.29) is 31.2 Å². The molecule has 0 aliphatic rings. The van der Waals surface area contributed by atoms with Crippen molar-refractivity contribution in [2.45, 2.75) is 31.7 Å². The van der Waals surface area contributed by atoms with Crippen LogP contribution in [0.25, 0.3) is 11.1 Å². The summed E-state index contributed by atoms with van der Waals surface area (Å²) in [4.78, 5) is 25.9. The molecule has 3 rings (SSSR count). The molecule has 4 N–H and O–H groups in total. The minimum atomic E-state index is -3.36. The van der Waals surface area contributed by atoms with E-state index in [4.69, 9.17) is 0 Å². The van der Waals surface area contributed by atoms with Crippen LogP contribution in [-0.4, -0.2) is 73.5 Å². The number of amides is 2. The minimum Gasteiger partial charge on any atom is -0.394 e. The summed E-state index contributed by atoms with van der Waals surface area (Å²) in [6.45, 7) is -0.222. The van der Waals surface area contributed by atoms with Gasteiger partial charge in [-0.1, -0.05) is 84.9 Å². The average Bonchev–Trinajstić information content (AvgIpc) is 2.97. The van der Waals surface area contributed by atoms with Crippen LogP contribution in [0, 0.1) is 5.92 Å². The average molecular weight is 582 g/mol. The van der Waals surface area contributed by atoms with Crippen LogP contribution >= 0.6 is 0 Å². The van der Waals surface area contributed by atoms with Gasteiger partial charge in [-0.15, -0.1) is 0 Å². The van der Waals surface area contributed by atoms with E-state index in [1.54, 1.807) is 0 Å². The van der Waals surface area contributed by atoms with Crippen molar-refractivity contribution in [3.63, 3.8) is 0 Å². The molecule has 0 heterocycles. The minimum absolute atomic E-state index is 0.131. The number of sulfone groups is 1. The number of aliphatic hydroxyl groups excluding tert-OH is 1. The second-order valence-corrected chi connectivity index (χ2v) is 12.3. The van der Waals surface area contributed by atoms with Crippen molar-refractivity contribution < 1.29 is 28.3 Å². The van der Waals surface area contributed by atoms with E-state index in [9.17, 15) is 28.3 Å². The lowest BCUT2D eigenvalue weighted by Crippen LogP contribution is -2.48. The molecule has 2 atom stereocenters. The Balaban J connectivity index is 1.53. The topological polar surface area (TPSA) is 136 Å². The van der Waals surface area contributed by atoms with Gasteiger partial charge in [-0.2, -0.15) is 0 Å². The first-order chi connectivity index (χ1) is 19.7. The third-order valence-corrected chi connectivity index (χ3v) is 7.39. The van der Waals surface area contributed by atoms with E-state index in [2.05, 4.69) is 47.0 Å². The first-order valence-electron chi connectivity index (χ1n) is 13.6. The molecule has 0 unspecified atom stereocenters. The third kappa shape index (κ3) is 11.1. The van der Waals surface area contributed by atoms with Crippen LogP contribution in [0.1, 0.15) is 24.0 Å². The molecule has 0 aliphatic heterocycles. The molecule has 3 aromatic rings. The number of nitrogens with one attached hydrogen (secondary N) is 2. The molecule has 41 heavy (non-hydrogen) atoms. The van der Waals surface area contributed by atoms with Gasteiger partial charge in [0.2, 0.25) is 5.91 Å². The monoisotopic (exact) mass is 581 g/mol. The summed E-state index contributed by atoms with van der Waals surface area (Å²) >= 11 is 0. The highest BCUT2D eigenvalue weighted by Crippen LogP contribution is 2.19. The Kier molecular flexibility index (Phi) is 12.5. The van der Waals surface area contributed by atoms with Crippen molar-refractivity contribution in [2.75, 3.05) is 31.8 Å². The molecular weight excluding hydrogens is 542 g/mol. The van der Waals surface area contributed by atoms with E-state index in [1.165, 1.54) is 0 Å². The quantitative estimate of drug-likeness (QED) is 0.116. The predicted molar refractivity (Wildman–Crippen MR) is 159 cm³/mol. The van der Waals surface area contributed by atoms with Gasteiger partial charge in [-0.25, -0.2) is 13.5 Å². The number of rotatable bonds is 16. The SMILES string of the molecule is CS(=O)(=O)CNC[C@H](CC(=O)NCCCc1ccc(-c2ccccc2)cc1)C(=O)N(O)[C@H](CO)Cc1ccccc1. The van der Waals surface area contributed by atoms with Crippen molar-refractivity contribution >= 4 is 21.7 Å². The largest absolute Gasteiger partial charge is 0.394 e. The fourth-order valence-corrected chi connectivity index (χ4v) is 4.95. The lowest BCUT2D eigenvalue weighted by Gasteiger charge is -2.28. The Bertz CT molecular complexity index is 1340. The van der Waals surface area contributed by atoms with E-state index in [0.29, 0.717) is 18.0 Å². The van der Waals surface area contributed by atoms with Crippen molar-refractivity contribution in [1.82, 2.24) is 15.7 Å². The van der Waals surface area contributed by atoms with Gasteiger partial charge in [0.05, 0.1) is 24.4 Å². The van der Waals surface area contributed by atoms with Crippen LogP contribution in [0.5, 0.6) is 0 Å². The predicted octanol–water partition coefficient (Wildman–Crippen LogP) is 2.82. The van der Waals surface area contributed by atoms with Gasteiger partial charge in [-0.05, 0) is 41.5 Å². The standard InChI is InChI=1S/C31H39N3O6S/c1-41(39,40)23-32-21-28(31(37)34(38)29(22-35)19-25-9-4-2-5-10-25)20-30(36)33-18-8-11-24-14-16-27(17-15-24)26-12-6-3-7-13-26/h2-7,9-10,12-17,28-29,32,35,38H,8,11,18-23H2,1H3,(H,33,36)/t28-,29-/m0/s1. The van der Waals surface area contributed by atoms with Gasteiger partial charge < -0.3 is 15.7 Å². The summed E-state index contributed by atoms with van der Waals surface area (Å²) in [5.74, 6) is -2.56. The summed E-state index contributed by atoms with van der Waals surface area (Å²) in [5, 5.41) is 26.5. The Hall–Kier alpha value is -3.57. The molecule has 0 aromatic heterocycles. The number of aliphatic hydroxyl groups is 1. The maximum Gasteiger partial charge on any atom is 0.251 e. The van der Waals surface area contributed by atoms with Crippen LogP contribution in [0.2, 0.25) is 0 Å². The van der Waals surface area contributed by atoms with Crippen LogP contribution in [0.15, 0.2) is 84.9 Å². The van der Waals surface area contributed by atoms with E-state index in [1.807, 2.05) is 48.5 Å². The summed E-state index contributed by atoms with van der Waals surface area (Å²) in [6.07, 6.45) is 2.47. The zero-order chi connectivity index (χ0) is 29.7. The molecular formula is C31H39N3O6S. The molecule has 220 valence electrons. The number of nitrogens with zero attached hydrogens (tertiary/aromatic N) is 1. The van der Waals surface area contributed by atoms with Crippen LogP contribution in [0.3, 0.4) is 0 Å². The molecule has 0 saturated heterocycles. The number of carbonyl (C=O) groups excluding carboxylic acids is 2. The molecule has 0 fully saturated rings. The zero-order valence-corrected chi connectivity index (χ0v) is 24.1. The number of hydroxylamine groups is 2. The molecule has 0 saturated carbocycles. The Morgan fingerprint density at radius 2 is 1.49 bits per heavy atom. The van der Waals surface area contributed by atoms with Crippen molar-refractivity contribution in [3.05, 3.63) is 96.1 Å². The normalized spacial score (nSPS) is 12.9. The summed E-state index contributed by atoms with van der Waals surface area (Å²) in [7, 11) is -3.36. The molecule has 10 heteroatoms. The summed E-state index contributed by atoms with van der Waals surface area (Å²) < 4.78 is 23.1. The lowest BCUT2D eigenvalue weighted by atomic mass is 10.0. The second-order valence-electron chi connectivity index (χ2n) is 10.2.